The summed E-state index contributed by atoms with van der Waals surface area (Å²) in [5, 5.41) is 0. The normalized spacial score (nSPS) is 15.5. The zero-order valence-electron chi connectivity index (χ0n) is 10.9. The maximum absolute atomic E-state index is 12.2. The molecule has 0 saturated carbocycles. The summed E-state index contributed by atoms with van der Waals surface area (Å²) >= 11 is 0. The highest BCUT2D eigenvalue weighted by Crippen LogP contribution is 2.31. The Morgan fingerprint density at radius 3 is 1.77 bits per heavy atom. The quantitative estimate of drug-likeness (QED) is 0.545. The van der Waals surface area contributed by atoms with Gasteiger partial charge < -0.3 is 9.47 Å². The lowest BCUT2D eigenvalue weighted by Crippen LogP contribution is -2.17. The number of hydrogen-bond acceptors (Lipinski definition) is 6. The van der Waals surface area contributed by atoms with Crippen LogP contribution < -0.4 is 0 Å². The Morgan fingerprint density at radius 1 is 0.500 bits per heavy atom. The molecule has 6 heteroatoms. The number of esters is 4. The molecule has 0 atom stereocenters. The number of carbonyl (C=O) groups is 4. The highest BCUT2D eigenvalue weighted by Gasteiger charge is 2.30. The van der Waals surface area contributed by atoms with E-state index in [1.54, 1.807) is 12.1 Å². The molecule has 106 valence electrons. The maximum Gasteiger partial charge on any atom is 0.346 e. The summed E-state index contributed by atoms with van der Waals surface area (Å²) in [6, 6.07) is 8.64. The Morgan fingerprint density at radius 2 is 1.00 bits per heavy atom. The molecule has 6 bridgehead atoms. The molecule has 0 unspecified atom stereocenters. The van der Waals surface area contributed by atoms with Crippen LogP contribution in [-0.4, -0.2) is 23.9 Å². The summed E-state index contributed by atoms with van der Waals surface area (Å²) in [6.45, 7) is 0. The summed E-state index contributed by atoms with van der Waals surface area (Å²) in [7, 11) is 0. The Kier molecular flexibility index (Phi) is 2.33. The van der Waals surface area contributed by atoms with Gasteiger partial charge in [-0.1, -0.05) is 12.1 Å². The van der Waals surface area contributed by atoms with Crippen molar-refractivity contribution in [2.75, 3.05) is 0 Å². The molecular weight excluding hydrogens is 288 g/mol. The van der Waals surface area contributed by atoms with Crippen LogP contribution in [0.5, 0.6) is 0 Å². The second-order valence-electron chi connectivity index (χ2n) is 4.87. The predicted molar refractivity (Wildman–Crippen MR) is 71.4 cm³/mol. The highest BCUT2D eigenvalue weighted by molar-refractivity contribution is 6.15. The molecule has 22 heavy (non-hydrogen) atoms. The van der Waals surface area contributed by atoms with Crippen molar-refractivity contribution in [1.29, 1.82) is 0 Å². The Hall–Kier alpha value is -3.28. The van der Waals surface area contributed by atoms with E-state index in [-0.39, 0.29) is 22.3 Å². The molecule has 4 aliphatic rings. The van der Waals surface area contributed by atoms with Gasteiger partial charge in [-0.05, 0) is 35.4 Å². The van der Waals surface area contributed by atoms with Crippen molar-refractivity contribution >= 4 is 23.9 Å². The first-order valence-corrected chi connectivity index (χ1v) is 6.36. The molecule has 0 spiro atoms. The van der Waals surface area contributed by atoms with E-state index in [1.165, 1.54) is 24.3 Å². The van der Waals surface area contributed by atoms with Gasteiger partial charge >= 0.3 is 23.9 Å². The number of ether oxygens (including phenoxy) is 2. The van der Waals surface area contributed by atoms with Crippen molar-refractivity contribution in [3.05, 3.63) is 58.7 Å². The largest absolute Gasteiger partial charge is 0.386 e. The minimum Gasteiger partial charge on any atom is -0.386 e. The molecule has 4 aliphatic heterocycles. The second kappa shape index (κ2) is 4.11. The molecule has 0 fully saturated rings. The van der Waals surface area contributed by atoms with Gasteiger partial charge in [0.15, 0.2) is 0 Å². The average molecular weight is 294 g/mol. The number of rotatable bonds is 0. The molecule has 4 heterocycles. The van der Waals surface area contributed by atoms with Gasteiger partial charge in [0.05, 0.1) is 22.3 Å². The molecular formula is C16H6O6. The van der Waals surface area contributed by atoms with Crippen molar-refractivity contribution in [3.8, 4) is 11.1 Å². The van der Waals surface area contributed by atoms with Crippen LogP contribution in [0.25, 0.3) is 11.1 Å². The van der Waals surface area contributed by atoms with Crippen molar-refractivity contribution < 1.29 is 28.7 Å². The van der Waals surface area contributed by atoms with E-state index in [2.05, 4.69) is 0 Å². The van der Waals surface area contributed by atoms with Gasteiger partial charge in [-0.15, -0.1) is 0 Å². The van der Waals surface area contributed by atoms with Crippen LogP contribution >= 0.6 is 0 Å². The molecule has 2 aromatic carbocycles. The third kappa shape index (κ3) is 1.61. The van der Waals surface area contributed by atoms with Crippen LogP contribution in [0, 0.1) is 0 Å². The first-order valence-electron chi connectivity index (χ1n) is 6.36. The minimum absolute atomic E-state index is 0.0325. The third-order valence-corrected chi connectivity index (χ3v) is 3.62. The number of carbonyl (C=O) groups excluding carboxylic acids is 4. The van der Waals surface area contributed by atoms with Gasteiger partial charge in [-0.3, -0.25) is 0 Å². The van der Waals surface area contributed by atoms with Crippen LogP contribution in [0.1, 0.15) is 41.4 Å². The topological polar surface area (TPSA) is 86.7 Å². The third-order valence-electron chi connectivity index (χ3n) is 3.62. The van der Waals surface area contributed by atoms with E-state index in [4.69, 9.17) is 9.47 Å². The highest BCUT2D eigenvalue weighted by atomic mass is 16.6. The van der Waals surface area contributed by atoms with E-state index in [9.17, 15) is 19.2 Å². The SMILES string of the molecule is O=C1OC(=O)c2cc3ccc2C(=O)OC(=O)c2cc1ccc2-3. The molecule has 0 aromatic heterocycles. The van der Waals surface area contributed by atoms with Crippen LogP contribution in [0.2, 0.25) is 0 Å². The second-order valence-corrected chi connectivity index (χ2v) is 4.87. The van der Waals surface area contributed by atoms with Gasteiger partial charge in [-0.25, -0.2) is 19.2 Å². The van der Waals surface area contributed by atoms with Gasteiger partial charge in [0.25, 0.3) is 0 Å². The summed E-state index contributed by atoms with van der Waals surface area (Å²) in [6.07, 6.45) is 0. The van der Waals surface area contributed by atoms with Gasteiger partial charge in [0.1, 0.15) is 0 Å². The number of benzene rings is 2. The van der Waals surface area contributed by atoms with E-state index < -0.39 is 23.9 Å². The number of hydrogen-bond donors (Lipinski definition) is 0. The molecule has 0 radical (unpaired) electrons. The van der Waals surface area contributed by atoms with Crippen LogP contribution in [-0.2, 0) is 9.47 Å². The van der Waals surface area contributed by atoms with Crippen molar-refractivity contribution in [1.82, 2.24) is 0 Å². The van der Waals surface area contributed by atoms with Crippen LogP contribution in [0.4, 0.5) is 0 Å². The van der Waals surface area contributed by atoms with E-state index in [0.29, 0.717) is 11.1 Å². The minimum atomic E-state index is -0.962. The molecule has 6 rings (SSSR count). The average Bonchev–Trinajstić information content (AvgIpc) is 2.58. The van der Waals surface area contributed by atoms with Crippen LogP contribution in [0.3, 0.4) is 0 Å². The fourth-order valence-electron chi connectivity index (χ4n) is 2.54. The van der Waals surface area contributed by atoms with Crippen molar-refractivity contribution in [2.24, 2.45) is 0 Å². The van der Waals surface area contributed by atoms with E-state index in [0.717, 1.165) is 0 Å². The Labute approximate surface area is 123 Å². The van der Waals surface area contributed by atoms with E-state index in [1.807, 2.05) is 0 Å². The fourth-order valence-corrected chi connectivity index (χ4v) is 2.54. The Bertz CT molecular complexity index is 909. The maximum atomic E-state index is 12.2. The molecule has 0 aliphatic carbocycles. The summed E-state index contributed by atoms with van der Waals surface area (Å²) in [4.78, 5) is 48.3. The zero-order chi connectivity index (χ0) is 15.4. The standard InChI is InChI=1S/C16H6O6/c17-13-8-2-3-9-7-1-4-10(12(5-7)16(20)21-13)14(18)22-15(19)11(9)6-8/h1-6H. The first-order chi connectivity index (χ1) is 10.5. The summed E-state index contributed by atoms with van der Waals surface area (Å²) in [5.74, 6) is -3.69. The molecule has 6 nitrogen and oxygen atoms in total. The zero-order valence-corrected chi connectivity index (χ0v) is 10.9. The molecule has 0 amide bonds. The molecule has 2 aromatic rings. The monoisotopic (exact) mass is 294 g/mol. The van der Waals surface area contributed by atoms with Crippen molar-refractivity contribution in [3.63, 3.8) is 0 Å². The Balaban J connectivity index is 2.19. The lowest BCUT2D eigenvalue weighted by atomic mass is 9.94. The fraction of sp³-hybridized carbons (Fsp3) is 0. The van der Waals surface area contributed by atoms with Gasteiger partial charge in [0.2, 0.25) is 0 Å². The van der Waals surface area contributed by atoms with Gasteiger partial charge in [-0.2, -0.15) is 0 Å². The molecule has 0 saturated heterocycles. The van der Waals surface area contributed by atoms with Gasteiger partial charge in [0, 0.05) is 0 Å². The summed E-state index contributed by atoms with van der Waals surface area (Å²) < 4.78 is 9.54. The predicted octanol–water partition coefficient (Wildman–Crippen LogP) is 1.97. The van der Waals surface area contributed by atoms with Crippen LogP contribution in [0.15, 0.2) is 36.4 Å². The summed E-state index contributed by atoms with van der Waals surface area (Å²) in [5.41, 5.74) is 0.889. The van der Waals surface area contributed by atoms with E-state index >= 15 is 0 Å². The lowest BCUT2D eigenvalue weighted by molar-refractivity contribution is 0.0363. The first kappa shape index (κ1) is 12.5. The number of fused-ring (bicyclic) bond motifs is 6. The molecule has 0 N–H and O–H groups in total. The lowest BCUT2D eigenvalue weighted by Gasteiger charge is -2.12. The van der Waals surface area contributed by atoms with Crippen molar-refractivity contribution in [2.45, 2.75) is 0 Å². The smallest absolute Gasteiger partial charge is 0.346 e.